The van der Waals surface area contributed by atoms with Gasteiger partial charge in [0, 0.05) is 44.0 Å². The molecule has 1 N–H and O–H groups in total. The zero-order chi connectivity index (χ0) is 17.6. The average molecular weight is 342 g/mol. The lowest BCUT2D eigenvalue weighted by atomic mass is 10.1. The Morgan fingerprint density at radius 1 is 1.12 bits per heavy atom. The van der Waals surface area contributed by atoms with Crippen LogP contribution in [0.5, 0.6) is 5.88 Å². The van der Waals surface area contributed by atoms with Gasteiger partial charge in [-0.25, -0.2) is 4.98 Å². The molecule has 2 heterocycles. The minimum atomic E-state index is 0.188. The molecule has 25 heavy (non-hydrogen) atoms. The van der Waals surface area contributed by atoms with Crippen molar-refractivity contribution in [1.29, 1.82) is 0 Å². The van der Waals surface area contributed by atoms with Gasteiger partial charge >= 0.3 is 0 Å². The summed E-state index contributed by atoms with van der Waals surface area (Å²) in [5.41, 5.74) is 1.11. The lowest BCUT2D eigenvalue weighted by Gasteiger charge is -2.44. The van der Waals surface area contributed by atoms with E-state index >= 15 is 0 Å². The first kappa shape index (κ1) is 17.6. The normalized spacial score (nSPS) is 21.3. The zero-order valence-corrected chi connectivity index (χ0v) is 14.9. The molecule has 2 aromatic rings. The molecule has 1 aliphatic rings. The van der Waals surface area contributed by atoms with E-state index in [4.69, 9.17) is 4.74 Å². The number of aliphatic hydroxyl groups is 1. The lowest BCUT2D eigenvalue weighted by Crippen LogP contribution is -2.57. The third kappa shape index (κ3) is 4.46. The Morgan fingerprint density at radius 2 is 1.84 bits per heavy atom. The number of aliphatic hydroxyl groups excluding tert-OH is 1. The standard InChI is InChI=1S/C19H26N4O2/c1-15-12-22(13-16(2)23(15)10-11-24)19-20-9-8-18(21-19)25-14-17-6-4-3-5-7-17/h3-9,15-16,24H,10-14H2,1-2H3/t15-,16+. The maximum absolute atomic E-state index is 9.23. The number of aromatic nitrogens is 2. The Balaban J connectivity index is 1.65. The van der Waals surface area contributed by atoms with Crippen molar-refractivity contribution in [3.63, 3.8) is 0 Å². The van der Waals surface area contributed by atoms with Gasteiger partial charge in [-0.1, -0.05) is 30.3 Å². The van der Waals surface area contributed by atoms with Crippen molar-refractivity contribution >= 4 is 5.95 Å². The summed E-state index contributed by atoms with van der Waals surface area (Å²) in [5, 5.41) is 9.23. The largest absolute Gasteiger partial charge is 0.473 e. The predicted molar refractivity (Wildman–Crippen MR) is 97.7 cm³/mol. The molecule has 0 unspecified atom stereocenters. The molecule has 6 heteroatoms. The molecule has 0 spiro atoms. The van der Waals surface area contributed by atoms with Crippen LogP contribution >= 0.6 is 0 Å². The molecule has 0 radical (unpaired) electrons. The van der Waals surface area contributed by atoms with E-state index in [2.05, 4.69) is 33.6 Å². The Morgan fingerprint density at radius 3 is 2.52 bits per heavy atom. The summed E-state index contributed by atoms with van der Waals surface area (Å²) in [6.45, 7) is 7.42. The molecule has 1 saturated heterocycles. The molecular formula is C19H26N4O2. The molecule has 3 rings (SSSR count). The van der Waals surface area contributed by atoms with E-state index in [1.165, 1.54) is 0 Å². The Hall–Kier alpha value is -2.18. The third-order valence-electron chi connectivity index (χ3n) is 4.59. The number of piperazine rings is 1. The number of benzene rings is 1. The van der Waals surface area contributed by atoms with Crippen LogP contribution in [0.4, 0.5) is 5.95 Å². The molecule has 2 atom stereocenters. The fraction of sp³-hybridized carbons (Fsp3) is 0.474. The van der Waals surface area contributed by atoms with Crippen LogP contribution in [-0.2, 0) is 6.61 Å². The number of nitrogens with zero attached hydrogens (tertiary/aromatic N) is 4. The van der Waals surface area contributed by atoms with Crippen LogP contribution in [0, 0.1) is 0 Å². The topological polar surface area (TPSA) is 61.7 Å². The van der Waals surface area contributed by atoms with Crippen molar-refractivity contribution in [2.24, 2.45) is 0 Å². The summed E-state index contributed by atoms with van der Waals surface area (Å²) >= 11 is 0. The first-order chi connectivity index (χ1) is 12.2. The lowest BCUT2D eigenvalue weighted by molar-refractivity contribution is 0.102. The predicted octanol–water partition coefficient (Wildman–Crippen LogP) is 1.95. The van der Waals surface area contributed by atoms with Crippen LogP contribution in [0.2, 0.25) is 0 Å². The molecule has 1 aromatic carbocycles. The van der Waals surface area contributed by atoms with Crippen LogP contribution in [0.1, 0.15) is 19.4 Å². The first-order valence-electron chi connectivity index (χ1n) is 8.78. The van der Waals surface area contributed by atoms with Crippen molar-refractivity contribution in [3.05, 3.63) is 48.2 Å². The van der Waals surface area contributed by atoms with Crippen molar-refractivity contribution in [3.8, 4) is 5.88 Å². The first-order valence-corrected chi connectivity index (χ1v) is 8.78. The fourth-order valence-electron chi connectivity index (χ4n) is 3.37. The quantitative estimate of drug-likeness (QED) is 0.866. The Kier molecular flexibility index (Phi) is 5.83. The van der Waals surface area contributed by atoms with Crippen LogP contribution in [0.3, 0.4) is 0 Å². The molecule has 0 amide bonds. The van der Waals surface area contributed by atoms with E-state index in [1.807, 2.05) is 30.3 Å². The second kappa shape index (κ2) is 8.27. The van der Waals surface area contributed by atoms with Gasteiger partial charge in [0.05, 0.1) is 6.61 Å². The molecule has 1 aromatic heterocycles. The van der Waals surface area contributed by atoms with E-state index in [0.29, 0.717) is 37.1 Å². The van der Waals surface area contributed by atoms with Crippen molar-refractivity contribution in [2.75, 3.05) is 31.1 Å². The van der Waals surface area contributed by atoms with E-state index in [-0.39, 0.29) is 6.61 Å². The maximum Gasteiger partial charge on any atom is 0.228 e. The zero-order valence-electron chi connectivity index (χ0n) is 14.9. The van der Waals surface area contributed by atoms with Gasteiger partial charge in [-0.15, -0.1) is 0 Å². The number of anilines is 1. The molecule has 0 bridgehead atoms. The maximum atomic E-state index is 9.23. The van der Waals surface area contributed by atoms with E-state index in [9.17, 15) is 5.11 Å². The van der Waals surface area contributed by atoms with Crippen molar-refractivity contribution in [1.82, 2.24) is 14.9 Å². The average Bonchev–Trinajstić information content (AvgIpc) is 2.64. The van der Waals surface area contributed by atoms with Gasteiger partial charge in [-0.2, -0.15) is 4.98 Å². The summed E-state index contributed by atoms with van der Waals surface area (Å²) in [7, 11) is 0. The summed E-state index contributed by atoms with van der Waals surface area (Å²) in [4.78, 5) is 13.5. The minimum Gasteiger partial charge on any atom is -0.473 e. The van der Waals surface area contributed by atoms with Gasteiger partial charge in [0.1, 0.15) is 6.61 Å². The molecule has 134 valence electrons. The monoisotopic (exact) mass is 342 g/mol. The number of hydrogen-bond donors (Lipinski definition) is 1. The van der Waals surface area contributed by atoms with Gasteiger partial charge in [0.25, 0.3) is 0 Å². The molecule has 0 aliphatic carbocycles. The van der Waals surface area contributed by atoms with Gasteiger partial charge in [-0.05, 0) is 19.4 Å². The highest BCUT2D eigenvalue weighted by Gasteiger charge is 2.30. The Bertz CT molecular complexity index is 655. The minimum absolute atomic E-state index is 0.188. The number of rotatable bonds is 6. The summed E-state index contributed by atoms with van der Waals surface area (Å²) in [5.74, 6) is 1.29. The number of β-amino-alcohol motifs (C(OH)–C–C–N with tert-alkyl or cyclic N) is 1. The van der Waals surface area contributed by atoms with Crippen molar-refractivity contribution < 1.29 is 9.84 Å². The van der Waals surface area contributed by atoms with Crippen LogP contribution in [0.25, 0.3) is 0 Å². The molecule has 1 fully saturated rings. The third-order valence-corrected chi connectivity index (χ3v) is 4.59. The van der Waals surface area contributed by atoms with Gasteiger partial charge in [0.2, 0.25) is 11.8 Å². The van der Waals surface area contributed by atoms with Gasteiger partial charge in [0.15, 0.2) is 0 Å². The van der Waals surface area contributed by atoms with Crippen molar-refractivity contribution in [2.45, 2.75) is 32.5 Å². The second-order valence-corrected chi connectivity index (χ2v) is 6.53. The van der Waals surface area contributed by atoms with E-state index in [1.54, 1.807) is 12.3 Å². The van der Waals surface area contributed by atoms with Crippen LogP contribution < -0.4 is 9.64 Å². The second-order valence-electron chi connectivity index (χ2n) is 6.53. The molecule has 0 saturated carbocycles. The SMILES string of the molecule is C[C@@H]1CN(c2nccc(OCc3ccccc3)n2)C[C@H](C)N1CCO. The van der Waals surface area contributed by atoms with Crippen LogP contribution in [-0.4, -0.2) is 58.3 Å². The smallest absolute Gasteiger partial charge is 0.228 e. The number of hydrogen-bond acceptors (Lipinski definition) is 6. The fourth-order valence-corrected chi connectivity index (χ4v) is 3.37. The highest BCUT2D eigenvalue weighted by atomic mass is 16.5. The van der Waals surface area contributed by atoms with Gasteiger partial charge < -0.3 is 14.7 Å². The Labute approximate surface area is 149 Å². The molecular weight excluding hydrogens is 316 g/mol. The highest BCUT2D eigenvalue weighted by Crippen LogP contribution is 2.21. The van der Waals surface area contributed by atoms with E-state index < -0.39 is 0 Å². The summed E-state index contributed by atoms with van der Waals surface area (Å²) in [6, 6.07) is 12.5. The van der Waals surface area contributed by atoms with Gasteiger partial charge in [-0.3, -0.25) is 4.90 Å². The number of ether oxygens (including phenoxy) is 1. The summed E-state index contributed by atoms with van der Waals surface area (Å²) < 4.78 is 5.82. The van der Waals surface area contributed by atoms with E-state index in [0.717, 1.165) is 18.7 Å². The highest BCUT2D eigenvalue weighted by molar-refractivity contribution is 5.34. The summed E-state index contributed by atoms with van der Waals surface area (Å²) in [6.07, 6.45) is 1.75. The molecule has 6 nitrogen and oxygen atoms in total. The molecule has 1 aliphatic heterocycles. The van der Waals surface area contributed by atoms with Crippen LogP contribution in [0.15, 0.2) is 42.6 Å².